The van der Waals surface area contributed by atoms with Gasteiger partial charge >= 0.3 is 5.97 Å². The smallest absolute Gasteiger partial charge is 0.316 e. The summed E-state index contributed by atoms with van der Waals surface area (Å²) >= 11 is 1.30. The summed E-state index contributed by atoms with van der Waals surface area (Å²) in [4.78, 5) is 12.1. The quantitative estimate of drug-likeness (QED) is 0.420. The third-order valence-corrected chi connectivity index (χ3v) is 8.49. The number of benzene rings is 1. The highest BCUT2D eigenvalue weighted by Crippen LogP contribution is 2.37. The van der Waals surface area contributed by atoms with E-state index in [-0.39, 0.29) is 22.7 Å². The third kappa shape index (κ3) is 5.00. The maximum Gasteiger partial charge on any atom is 0.316 e. The van der Waals surface area contributed by atoms with Crippen LogP contribution >= 0.6 is 11.8 Å². The third-order valence-electron chi connectivity index (χ3n) is 5.68. The van der Waals surface area contributed by atoms with Gasteiger partial charge in [-0.05, 0) is 31.9 Å². The Hall–Kier alpha value is -1.95. The van der Waals surface area contributed by atoms with E-state index in [0.29, 0.717) is 49.5 Å². The van der Waals surface area contributed by atoms with Gasteiger partial charge in [-0.1, -0.05) is 36.7 Å². The monoisotopic (exact) mass is 480 g/mol. The molecule has 0 radical (unpaired) electrons. The fourth-order valence-corrected chi connectivity index (χ4v) is 6.38. The molecule has 1 saturated carbocycles. The molecule has 2 aromatic rings. The van der Waals surface area contributed by atoms with Gasteiger partial charge in [0.1, 0.15) is 0 Å². The minimum Gasteiger partial charge on any atom is -0.465 e. The Labute approximate surface area is 192 Å². The Morgan fingerprint density at radius 1 is 1.22 bits per heavy atom. The zero-order valence-corrected chi connectivity index (χ0v) is 19.7. The summed E-state index contributed by atoms with van der Waals surface area (Å²) in [6.45, 7) is 3.61. The molecule has 2 fully saturated rings. The van der Waals surface area contributed by atoms with Crippen molar-refractivity contribution in [3.05, 3.63) is 24.3 Å². The molecule has 1 aromatic heterocycles. The molecule has 0 bridgehead atoms. The number of hydrogen-bond donors (Lipinski definition) is 0. The number of thioether (sulfide) groups is 1. The fourth-order valence-electron chi connectivity index (χ4n) is 4.12. The summed E-state index contributed by atoms with van der Waals surface area (Å²) in [5.41, 5.74) is 0.696. The van der Waals surface area contributed by atoms with Crippen LogP contribution in [-0.2, 0) is 24.3 Å². The number of morpholine rings is 1. The minimum atomic E-state index is -3.62. The van der Waals surface area contributed by atoms with Crippen LogP contribution in [0, 0.1) is 0 Å². The lowest BCUT2D eigenvalue weighted by Gasteiger charge is -2.26. The van der Waals surface area contributed by atoms with Crippen LogP contribution in [0.1, 0.15) is 38.6 Å². The molecule has 0 N–H and O–H groups in total. The second-order valence-electron chi connectivity index (χ2n) is 7.75. The molecular weight excluding hydrogens is 452 g/mol. The Bertz CT molecular complexity index is 1040. The fraction of sp³-hybridized carbons (Fsp3) is 0.571. The highest BCUT2D eigenvalue weighted by Gasteiger charge is 2.29. The molecule has 1 saturated heterocycles. The number of nitrogens with zero attached hydrogens (tertiary/aromatic N) is 4. The van der Waals surface area contributed by atoms with Crippen LogP contribution in [0.4, 0.5) is 0 Å². The summed E-state index contributed by atoms with van der Waals surface area (Å²) in [5, 5.41) is 9.40. The van der Waals surface area contributed by atoms with Gasteiger partial charge in [0, 0.05) is 24.7 Å². The van der Waals surface area contributed by atoms with Crippen molar-refractivity contribution < 1.29 is 22.7 Å². The van der Waals surface area contributed by atoms with Gasteiger partial charge in [-0.25, -0.2) is 8.42 Å². The Balaban J connectivity index is 1.65. The van der Waals surface area contributed by atoms with Crippen molar-refractivity contribution in [1.82, 2.24) is 19.1 Å². The standard InChI is InChI=1S/C21H28N4O5S2/c1-2-30-19(26)15-31-21-23-22-20(25(21)17-7-3-4-8-17)16-6-5-9-18(14-16)32(27,28)24-10-12-29-13-11-24/h5-6,9,14,17H,2-4,7-8,10-13,15H2,1H3. The lowest BCUT2D eigenvalue weighted by molar-refractivity contribution is -0.139. The second kappa shape index (κ2) is 10.3. The molecular formula is C21H28N4O5S2. The largest absolute Gasteiger partial charge is 0.465 e. The molecule has 1 aliphatic heterocycles. The van der Waals surface area contributed by atoms with Crippen molar-refractivity contribution >= 4 is 27.8 Å². The van der Waals surface area contributed by atoms with Crippen molar-refractivity contribution in [2.75, 3.05) is 38.7 Å². The number of rotatable bonds is 8. The number of aromatic nitrogens is 3. The number of carbonyl (C=O) groups is 1. The van der Waals surface area contributed by atoms with Crippen molar-refractivity contribution in [3.8, 4) is 11.4 Å². The van der Waals surface area contributed by atoms with E-state index in [1.807, 2.05) is 6.07 Å². The second-order valence-corrected chi connectivity index (χ2v) is 10.6. The highest BCUT2D eigenvalue weighted by atomic mass is 32.2. The molecule has 2 heterocycles. The average Bonchev–Trinajstić information content (AvgIpc) is 3.48. The molecule has 1 aromatic carbocycles. The van der Waals surface area contributed by atoms with Crippen LogP contribution in [0.25, 0.3) is 11.4 Å². The van der Waals surface area contributed by atoms with Gasteiger partial charge in [0.25, 0.3) is 0 Å². The van der Waals surface area contributed by atoms with Gasteiger partial charge < -0.3 is 9.47 Å². The maximum absolute atomic E-state index is 13.1. The maximum atomic E-state index is 13.1. The number of ether oxygens (including phenoxy) is 2. The summed E-state index contributed by atoms with van der Waals surface area (Å²) < 4.78 is 40.1. The van der Waals surface area contributed by atoms with Crippen molar-refractivity contribution in [2.45, 2.75) is 48.7 Å². The van der Waals surface area contributed by atoms with Gasteiger partial charge in [-0.2, -0.15) is 4.31 Å². The first-order valence-electron chi connectivity index (χ1n) is 10.9. The Morgan fingerprint density at radius 2 is 1.97 bits per heavy atom. The number of carbonyl (C=O) groups excluding carboxylic acids is 1. The van der Waals surface area contributed by atoms with E-state index in [1.165, 1.54) is 16.1 Å². The van der Waals surface area contributed by atoms with Crippen LogP contribution < -0.4 is 0 Å². The van der Waals surface area contributed by atoms with Gasteiger partial charge in [-0.15, -0.1) is 10.2 Å². The summed E-state index contributed by atoms with van der Waals surface area (Å²) in [6, 6.07) is 7.10. The van der Waals surface area contributed by atoms with E-state index in [4.69, 9.17) is 9.47 Å². The summed E-state index contributed by atoms with van der Waals surface area (Å²) in [7, 11) is -3.62. The van der Waals surface area contributed by atoms with Crippen LogP contribution in [0.15, 0.2) is 34.3 Å². The van der Waals surface area contributed by atoms with Gasteiger partial charge in [0.05, 0.1) is 30.5 Å². The van der Waals surface area contributed by atoms with Crippen molar-refractivity contribution in [1.29, 1.82) is 0 Å². The Kier molecular flexibility index (Phi) is 7.49. The summed E-state index contributed by atoms with van der Waals surface area (Å²) in [6.07, 6.45) is 4.25. The predicted octanol–water partition coefficient (Wildman–Crippen LogP) is 2.74. The zero-order valence-electron chi connectivity index (χ0n) is 18.1. The molecule has 174 valence electrons. The van der Waals surface area contributed by atoms with Crippen LogP contribution in [-0.4, -0.2) is 72.1 Å². The molecule has 0 amide bonds. The van der Waals surface area contributed by atoms with E-state index in [2.05, 4.69) is 14.8 Å². The van der Waals surface area contributed by atoms with Gasteiger partial charge in [-0.3, -0.25) is 9.36 Å². The molecule has 1 aliphatic carbocycles. The number of hydrogen-bond acceptors (Lipinski definition) is 8. The van der Waals surface area contributed by atoms with Crippen LogP contribution in [0.5, 0.6) is 0 Å². The van der Waals surface area contributed by atoms with Crippen LogP contribution in [0.2, 0.25) is 0 Å². The van der Waals surface area contributed by atoms with Gasteiger partial charge in [0.2, 0.25) is 10.0 Å². The number of sulfonamides is 1. The van der Waals surface area contributed by atoms with Crippen molar-refractivity contribution in [3.63, 3.8) is 0 Å². The van der Waals surface area contributed by atoms with Gasteiger partial charge in [0.15, 0.2) is 11.0 Å². The SMILES string of the molecule is CCOC(=O)CSc1nnc(-c2cccc(S(=O)(=O)N3CCOCC3)c2)n1C1CCCC1. The molecule has 0 spiro atoms. The van der Waals surface area contributed by atoms with E-state index in [1.54, 1.807) is 25.1 Å². The molecule has 0 atom stereocenters. The molecule has 0 unspecified atom stereocenters. The molecule has 2 aliphatic rings. The highest BCUT2D eigenvalue weighted by molar-refractivity contribution is 7.99. The van der Waals surface area contributed by atoms with E-state index in [0.717, 1.165) is 25.7 Å². The van der Waals surface area contributed by atoms with E-state index < -0.39 is 10.0 Å². The normalized spacial score (nSPS) is 18.2. The molecule has 32 heavy (non-hydrogen) atoms. The zero-order chi connectivity index (χ0) is 22.6. The van der Waals surface area contributed by atoms with E-state index in [9.17, 15) is 13.2 Å². The topological polar surface area (TPSA) is 104 Å². The lowest BCUT2D eigenvalue weighted by Crippen LogP contribution is -2.40. The first-order chi connectivity index (χ1) is 15.5. The first kappa shape index (κ1) is 23.2. The average molecular weight is 481 g/mol. The number of esters is 1. The minimum absolute atomic E-state index is 0.157. The molecule has 11 heteroatoms. The van der Waals surface area contributed by atoms with E-state index >= 15 is 0 Å². The summed E-state index contributed by atoms with van der Waals surface area (Å²) in [5.74, 6) is 0.491. The van der Waals surface area contributed by atoms with Crippen molar-refractivity contribution in [2.24, 2.45) is 0 Å². The van der Waals surface area contributed by atoms with Crippen LogP contribution in [0.3, 0.4) is 0 Å². The lowest BCUT2D eigenvalue weighted by atomic mass is 10.2. The Morgan fingerprint density at radius 3 is 2.69 bits per heavy atom. The molecule has 9 nitrogen and oxygen atoms in total. The molecule has 4 rings (SSSR count). The predicted molar refractivity (Wildman–Crippen MR) is 120 cm³/mol. The first-order valence-corrected chi connectivity index (χ1v) is 13.3.